The number of fused-ring (bicyclic) bond motifs is 1. The highest BCUT2D eigenvalue weighted by atomic mass is 19.4. The largest absolute Gasteiger partial charge is 0.427 e. The maximum absolute atomic E-state index is 13.0. The van der Waals surface area contributed by atoms with Gasteiger partial charge < -0.3 is 4.98 Å². The fourth-order valence-corrected chi connectivity index (χ4v) is 1.38. The number of hydrogen-bond donors (Lipinski definition) is 1. The first-order chi connectivity index (χ1) is 7.89. The Balaban J connectivity index is 0.00000162. The van der Waals surface area contributed by atoms with Crippen LogP contribution in [0, 0.1) is 0 Å². The van der Waals surface area contributed by atoms with Gasteiger partial charge in [-0.1, -0.05) is 12.1 Å². The Morgan fingerprint density at radius 1 is 1.22 bits per heavy atom. The highest BCUT2D eigenvalue weighted by Crippen LogP contribution is 2.33. The summed E-state index contributed by atoms with van der Waals surface area (Å²) < 4.78 is 49.4. The van der Waals surface area contributed by atoms with Crippen LogP contribution in [0.3, 0.4) is 0 Å². The molecular formula is C10H7F5N2O. The molecule has 0 saturated carbocycles. The molecular weight excluding hydrogens is 259 g/mol. The van der Waals surface area contributed by atoms with Crippen molar-refractivity contribution in [3.8, 4) is 0 Å². The second kappa shape index (κ2) is 4.71. The third-order valence-corrected chi connectivity index (χ3v) is 2.16. The molecule has 1 atom stereocenters. The lowest BCUT2D eigenvalue weighted by Gasteiger charge is -2.11. The lowest BCUT2D eigenvalue weighted by molar-refractivity contribution is -0.184. The van der Waals surface area contributed by atoms with Gasteiger partial charge in [0.2, 0.25) is 0 Å². The summed E-state index contributed by atoms with van der Waals surface area (Å²) in [7, 11) is 0. The average Bonchev–Trinajstić information content (AvgIpc) is 2.27. The fourth-order valence-electron chi connectivity index (χ4n) is 1.38. The second-order valence-electron chi connectivity index (χ2n) is 3.37. The quantitative estimate of drug-likeness (QED) is 0.806. The molecule has 98 valence electrons. The first kappa shape index (κ1) is 14.1. The van der Waals surface area contributed by atoms with E-state index in [9.17, 15) is 22.4 Å². The van der Waals surface area contributed by atoms with Gasteiger partial charge in [-0.05, 0) is 12.1 Å². The van der Waals surface area contributed by atoms with Crippen LogP contribution in [0.1, 0.15) is 12.0 Å². The third kappa shape index (κ3) is 2.47. The molecule has 1 unspecified atom stereocenters. The van der Waals surface area contributed by atoms with Crippen molar-refractivity contribution in [2.45, 2.75) is 12.3 Å². The van der Waals surface area contributed by atoms with E-state index in [1.165, 1.54) is 24.3 Å². The summed E-state index contributed by atoms with van der Waals surface area (Å²) in [5.74, 6) is -1.03. The van der Waals surface area contributed by atoms with Crippen LogP contribution in [0.4, 0.5) is 22.3 Å². The molecule has 3 nitrogen and oxygen atoms in total. The average molecular weight is 266 g/mol. The number of H-pyrrole nitrogens is 1. The van der Waals surface area contributed by atoms with Crippen molar-refractivity contribution in [2.24, 2.45) is 0 Å². The summed E-state index contributed by atoms with van der Waals surface area (Å²) >= 11 is 0. The van der Waals surface area contributed by atoms with E-state index >= 15 is 0 Å². The van der Waals surface area contributed by atoms with Crippen LogP contribution >= 0.6 is 0 Å². The Labute approximate surface area is 96.8 Å². The van der Waals surface area contributed by atoms with E-state index in [2.05, 4.69) is 4.98 Å². The van der Waals surface area contributed by atoms with Crippen molar-refractivity contribution in [3.63, 3.8) is 0 Å². The van der Waals surface area contributed by atoms with Gasteiger partial charge in [0.15, 0.2) is 5.82 Å². The van der Waals surface area contributed by atoms with Crippen molar-refractivity contribution in [3.05, 3.63) is 40.4 Å². The zero-order valence-corrected chi connectivity index (χ0v) is 8.66. The smallest absolute Gasteiger partial charge is 0.307 e. The predicted octanol–water partition coefficient (Wildman–Crippen LogP) is 2.65. The number of halogens is 5. The van der Waals surface area contributed by atoms with Crippen LogP contribution in [-0.4, -0.2) is 16.1 Å². The second-order valence-corrected chi connectivity index (χ2v) is 3.37. The minimum absolute atomic E-state index is 0. The molecule has 1 aromatic carbocycles. The number of alkyl halides is 4. The molecule has 8 heteroatoms. The van der Waals surface area contributed by atoms with Crippen molar-refractivity contribution in [1.82, 2.24) is 9.97 Å². The number of aromatic nitrogens is 2. The standard InChI is InChI=1S/C10H6F4N2O.FH/c11-7(10(12,13)14)8-15-6-4-2-1-3-5(6)9(17)16-8;/h1-4,7H,(H,15,16,17);1H. The molecule has 0 bridgehead atoms. The number of para-hydroxylation sites is 1. The maximum Gasteiger partial charge on any atom is 0.427 e. The molecule has 18 heavy (non-hydrogen) atoms. The number of aromatic amines is 1. The van der Waals surface area contributed by atoms with Gasteiger partial charge in [-0.2, -0.15) is 13.2 Å². The van der Waals surface area contributed by atoms with Crippen LogP contribution in [-0.2, 0) is 0 Å². The highest BCUT2D eigenvalue weighted by Gasteiger charge is 2.43. The molecule has 0 amide bonds. The lowest BCUT2D eigenvalue weighted by atomic mass is 10.2. The predicted molar refractivity (Wildman–Crippen MR) is 54.8 cm³/mol. The van der Waals surface area contributed by atoms with Crippen molar-refractivity contribution in [2.75, 3.05) is 0 Å². The zero-order chi connectivity index (χ0) is 12.6. The minimum Gasteiger partial charge on any atom is -0.307 e. The number of benzene rings is 1. The van der Waals surface area contributed by atoms with E-state index in [0.717, 1.165) is 0 Å². The van der Waals surface area contributed by atoms with E-state index in [1.807, 2.05) is 0 Å². The zero-order valence-electron chi connectivity index (χ0n) is 8.66. The number of hydrogen-bond acceptors (Lipinski definition) is 2. The molecule has 0 saturated heterocycles. The molecule has 2 aromatic rings. The Morgan fingerprint density at radius 2 is 1.83 bits per heavy atom. The molecule has 0 aliphatic rings. The summed E-state index contributed by atoms with van der Waals surface area (Å²) in [5, 5.41) is 0.116. The molecule has 0 aliphatic heterocycles. The van der Waals surface area contributed by atoms with Gasteiger partial charge in [0.1, 0.15) is 0 Å². The summed E-state index contributed by atoms with van der Waals surface area (Å²) in [6.45, 7) is 0. The maximum atomic E-state index is 13.0. The lowest BCUT2D eigenvalue weighted by Crippen LogP contribution is -2.22. The normalized spacial score (nSPS) is 13.1. The topological polar surface area (TPSA) is 45.8 Å². The molecule has 0 spiro atoms. The van der Waals surface area contributed by atoms with Crippen LogP contribution < -0.4 is 5.56 Å². The Kier molecular flexibility index (Phi) is 3.68. The Morgan fingerprint density at radius 3 is 2.44 bits per heavy atom. The number of rotatable bonds is 1. The first-order valence-electron chi connectivity index (χ1n) is 4.59. The van der Waals surface area contributed by atoms with Crippen LogP contribution in [0.15, 0.2) is 29.1 Å². The van der Waals surface area contributed by atoms with Gasteiger partial charge in [0, 0.05) is 0 Å². The third-order valence-electron chi connectivity index (χ3n) is 2.16. The minimum atomic E-state index is -5.08. The van der Waals surface area contributed by atoms with Gasteiger partial charge in [-0.15, -0.1) is 0 Å². The van der Waals surface area contributed by atoms with Crippen LogP contribution in [0.5, 0.6) is 0 Å². The molecule has 2 rings (SSSR count). The monoisotopic (exact) mass is 266 g/mol. The molecule has 1 heterocycles. The number of nitrogens with one attached hydrogen (secondary N) is 1. The van der Waals surface area contributed by atoms with E-state index in [4.69, 9.17) is 0 Å². The molecule has 0 fully saturated rings. The Hall–Kier alpha value is -1.99. The first-order valence-corrected chi connectivity index (χ1v) is 4.59. The SMILES string of the molecule is F.O=c1[nH]c(C(F)C(F)(F)F)nc2ccccc12. The summed E-state index contributed by atoms with van der Waals surface area (Å²) in [4.78, 5) is 16.6. The highest BCUT2D eigenvalue weighted by molar-refractivity contribution is 5.77. The van der Waals surface area contributed by atoms with Gasteiger partial charge in [-0.3, -0.25) is 9.50 Å². The van der Waals surface area contributed by atoms with Gasteiger partial charge in [0.25, 0.3) is 11.7 Å². The molecule has 0 aliphatic carbocycles. The van der Waals surface area contributed by atoms with Crippen LogP contribution in [0.25, 0.3) is 10.9 Å². The van der Waals surface area contributed by atoms with Gasteiger partial charge in [0.05, 0.1) is 10.9 Å². The van der Waals surface area contributed by atoms with Crippen molar-refractivity contribution >= 4 is 10.9 Å². The van der Waals surface area contributed by atoms with Gasteiger partial charge >= 0.3 is 6.18 Å². The summed E-state index contributed by atoms with van der Waals surface area (Å²) in [6.07, 6.45) is -8.38. The van der Waals surface area contributed by atoms with Crippen LogP contribution in [0.2, 0.25) is 0 Å². The van der Waals surface area contributed by atoms with Crippen molar-refractivity contribution < 1.29 is 22.3 Å². The van der Waals surface area contributed by atoms with E-state index in [1.54, 1.807) is 4.98 Å². The van der Waals surface area contributed by atoms with E-state index < -0.39 is 23.7 Å². The molecule has 1 N–H and O–H groups in total. The van der Waals surface area contributed by atoms with E-state index in [0.29, 0.717) is 0 Å². The summed E-state index contributed by atoms with van der Waals surface area (Å²) in [6, 6.07) is 5.78. The van der Waals surface area contributed by atoms with Crippen molar-refractivity contribution in [1.29, 1.82) is 0 Å². The molecule has 1 aromatic heterocycles. The Bertz CT molecular complexity index is 607. The summed E-state index contributed by atoms with van der Waals surface area (Å²) in [5.41, 5.74) is -0.768. The molecule has 0 radical (unpaired) electrons. The van der Waals surface area contributed by atoms with Gasteiger partial charge in [-0.25, -0.2) is 9.37 Å². The fraction of sp³-hybridized carbons (Fsp3) is 0.200. The number of nitrogens with zero attached hydrogens (tertiary/aromatic N) is 1. The van der Waals surface area contributed by atoms with E-state index in [-0.39, 0.29) is 15.6 Å².